The molecule has 3 aromatic rings. The summed E-state index contributed by atoms with van der Waals surface area (Å²) in [6, 6.07) is 9.32. The van der Waals surface area contributed by atoms with E-state index in [-0.39, 0.29) is 22.8 Å². The van der Waals surface area contributed by atoms with E-state index in [4.69, 9.17) is 0 Å². The zero-order valence-electron chi connectivity index (χ0n) is 13.7. The molecule has 1 unspecified atom stereocenters. The molecule has 27 heavy (non-hydrogen) atoms. The Bertz CT molecular complexity index is 1030. The van der Waals surface area contributed by atoms with Crippen molar-refractivity contribution in [1.82, 2.24) is 9.97 Å². The van der Waals surface area contributed by atoms with Gasteiger partial charge in [0.05, 0.1) is 5.57 Å². The summed E-state index contributed by atoms with van der Waals surface area (Å²) in [6.45, 7) is 0. The maximum absolute atomic E-state index is 13.2. The minimum absolute atomic E-state index is 0.0659. The summed E-state index contributed by atoms with van der Waals surface area (Å²) in [4.78, 5) is 35.4. The van der Waals surface area contributed by atoms with Gasteiger partial charge in [0.15, 0.2) is 0 Å². The van der Waals surface area contributed by atoms with Crippen LogP contribution in [0, 0.1) is 5.82 Å². The summed E-state index contributed by atoms with van der Waals surface area (Å²) in [5.74, 6) is -2.45. The van der Waals surface area contributed by atoms with Crippen LogP contribution < -0.4 is 4.90 Å². The summed E-state index contributed by atoms with van der Waals surface area (Å²) in [5.41, 5.74) is 0.159. The first-order valence-corrected chi connectivity index (χ1v) is 8.83. The fourth-order valence-electron chi connectivity index (χ4n) is 2.93. The first kappa shape index (κ1) is 17.0. The largest absolute Gasteiger partial charge is 0.507 e. The number of carbonyl (C=O) groups is 2. The third kappa shape index (κ3) is 2.89. The Labute approximate surface area is 157 Å². The number of anilines is 1. The van der Waals surface area contributed by atoms with E-state index in [1.54, 1.807) is 23.6 Å². The number of aliphatic hydroxyl groups is 1. The molecule has 1 aromatic carbocycles. The highest BCUT2D eigenvalue weighted by Crippen LogP contribution is 2.42. The van der Waals surface area contributed by atoms with Gasteiger partial charge in [0, 0.05) is 22.8 Å². The molecule has 6 nitrogen and oxygen atoms in total. The van der Waals surface area contributed by atoms with Crippen LogP contribution in [0.5, 0.6) is 0 Å². The van der Waals surface area contributed by atoms with Crippen LogP contribution >= 0.6 is 11.3 Å². The number of thiophene rings is 1. The Hall–Kier alpha value is -3.39. The smallest absolute Gasteiger partial charge is 0.302 e. The summed E-state index contributed by atoms with van der Waals surface area (Å²) in [6.07, 6.45) is 2.93. The van der Waals surface area contributed by atoms with Crippen molar-refractivity contribution < 1.29 is 19.1 Å². The molecule has 2 aromatic heterocycles. The lowest BCUT2D eigenvalue weighted by Crippen LogP contribution is -2.30. The Morgan fingerprint density at radius 1 is 1.07 bits per heavy atom. The van der Waals surface area contributed by atoms with Crippen molar-refractivity contribution in [3.05, 3.63) is 82.1 Å². The Kier molecular flexibility index (Phi) is 4.25. The number of aromatic nitrogens is 2. The maximum Gasteiger partial charge on any atom is 0.302 e. The lowest BCUT2D eigenvalue weighted by molar-refractivity contribution is -0.132. The van der Waals surface area contributed by atoms with Gasteiger partial charge in [-0.25, -0.2) is 14.4 Å². The summed E-state index contributed by atoms with van der Waals surface area (Å²) in [7, 11) is 0. The molecule has 1 N–H and O–H groups in total. The third-order valence-electron chi connectivity index (χ3n) is 4.14. The predicted octanol–water partition coefficient (Wildman–Crippen LogP) is 3.30. The average Bonchev–Trinajstić information content (AvgIpc) is 3.30. The lowest BCUT2D eigenvalue weighted by atomic mass is 10.00. The first-order chi connectivity index (χ1) is 13.1. The fraction of sp³-hybridized carbons (Fsp3) is 0.0526. The van der Waals surface area contributed by atoms with Crippen molar-refractivity contribution in [3.8, 4) is 0 Å². The highest BCUT2D eigenvalue weighted by atomic mass is 32.1. The van der Waals surface area contributed by atoms with Crippen molar-refractivity contribution >= 4 is 34.7 Å². The number of halogens is 1. The fourth-order valence-corrected chi connectivity index (χ4v) is 3.76. The molecular formula is C19H12FN3O3S. The maximum atomic E-state index is 13.2. The molecule has 1 aliphatic heterocycles. The van der Waals surface area contributed by atoms with E-state index in [1.807, 2.05) is 0 Å². The molecule has 8 heteroatoms. The Balaban J connectivity index is 1.92. The minimum Gasteiger partial charge on any atom is -0.507 e. The van der Waals surface area contributed by atoms with Gasteiger partial charge < -0.3 is 5.11 Å². The Morgan fingerprint density at radius 2 is 1.78 bits per heavy atom. The van der Waals surface area contributed by atoms with E-state index in [2.05, 4.69) is 9.97 Å². The second-order valence-electron chi connectivity index (χ2n) is 5.74. The van der Waals surface area contributed by atoms with E-state index < -0.39 is 23.5 Å². The van der Waals surface area contributed by atoms with E-state index >= 15 is 0 Å². The molecule has 0 spiro atoms. The van der Waals surface area contributed by atoms with Crippen molar-refractivity contribution in [3.63, 3.8) is 0 Å². The highest BCUT2D eigenvalue weighted by molar-refractivity contribution is 7.10. The first-order valence-electron chi connectivity index (χ1n) is 7.95. The van der Waals surface area contributed by atoms with E-state index in [1.165, 1.54) is 52.9 Å². The molecule has 1 saturated heterocycles. The molecule has 0 saturated carbocycles. The van der Waals surface area contributed by atoms with Crippen LogP contribution in [0.15, 0.2) is 65.8 Å². The van der Waals surface area contributed by atoms with Crippen LogP contribution in [0.1, 0.15) is 16.5 Å². The molecule has 1 fully saturated rings. The van der Waals surface area contributed by atoms with Gasteiger partial charge in [-0.3, -0.25) is 14.5 Å². The number of rotatable bonds is 3. The molecular weight excluding hydrogens is 369 g/mol. The molecule has 1 amide bonds. The number of hydrogen-bond acceptors (Lipinski definition) is 6. The van der Waals surface area contributed by atoms with Crippen LogP contribution in [-0.4, -0.2) is 26.8 Å². The van der Waals surface area contributed by atoms with Crippen molar-refractivity contribution in [2.45, 2.75) is 6.04 Å². The zero-order chi connectivity index (χ0) is 19.0. The normalized spacial score (nSPS) is 18.9. The summed E-state index contributed by atoms with van der Waals surface area (Å²) in [5, 5.41) is 12.6. The topological polar surface area (TPSA) is 83.4 Å². The second kappa shape index (κ2) is 6.73. The van der Waals surface area contributed by atoms with Crippen molar-refractivity contribution in [1.29, 1.82) is 0 Å². The molecule has 0 aliphatic carbocycles. The standard InChI is InChI=1S/C19H12FN3O3S/c20-12-6-4-11(5-7-12)16(24)14-15(13-3-1-10-27-13)23(18(26)17(14)25)19-21-8-2-9-22-19/h1-10,15,24H/b16-14-. The highest BCUT2D eigenvalue weighted by Gasteiger charge is 2.48. The van der Waals surface area contributed by atoms with Gasteiger partial charge in [-0.2, -0.15) is 0 Å². The van der Waals surface area contributed by atoms with Gasteiger partial charge in [0.25, 0.3) is 5.78 Å². The SMILES string of the molecule is O=C1C(=O)N(c2ncccn2)C(c2cccs2)/C1=C(/O)c1ccc(F)cc1. The monoisotopic (exact) mass is 381 g/mol. The van der Waals surface area contributed by atoms with E-state index in [9.17, 15) is 19.1 Å². The van der Waals surface area contributed by atoms with Crippen LogP contribution in [0.3, 0.4) is 0 Å². The number of benzene rings is 1. The number of aliphatic hydroxyl groups excluding tert-OH is 1. The molecule has 0 bridgehead atoms. The summed E-state index contributed by atoms with van der Waals surface area (Å²) < 4.78 is 13.2. The van der Waals surface area contributed by atoms with Crippen LogP contribution in [0.2, 0.25) is 0 Å². The van der Waals surface area contributed by atoms with Crippen molar-refractivity contribution in [2.75, 3.05) is 4.90 Å². The van der Waals surface area contributed by atoms with Gasteiger partial charge in [0.2, 0.25) is 5.95 Å². The molecule has 134 valence electrons. The third-order valence-corrected chi connectivity index (χ3v) is 5.07. The lowest BCUT2D eigenvalue weighted by Gasteiger charge is -2.21. The molecule has 1 atom stereocenters. The van der Waals surface area contributed by atoms with Gasteiger partial charge >= 0.3 is 5.91 Å². The van der Waals surface area contributed by atoms with Gasteiger partial charge in [0.1, 0.15) is 17.6 Å². The Morgan fingerprint density at radius 3 is 2.41 bits per heavy atom. The summed E-state index contributed by atoms with van der Waals surface area (Å²) >= 11 is 1.33. The van der Waals surface area contributed by atoms with Crippen LogP contribution in [-0.2, 0) is 9.59 Å². The molecule has 1 aliphatic rings. The predicted molar refractivity (Wildman–Crippen MR) is 97.5 cm³/mol. The van der Waals surface area contributed by atoms with Gasteiger partial charge in [-0.05, 0) is 41.8 Å². The number of hydrogen-bond donors (Lipinski definition) is 1. The van der Waals surface area contributed by atoms with Gasteiger partial charge in [-0.15, -0.1) is 11.3 Å². The van der Waals surface area contributed by atoms with Gasteiger partial charge in [-0.1, -0.05) is 6.07 Å². The molecule has 4 rings (SSSR count). The zero-order valence-corrected chi connectivity index (χ0v) is 14.6. The number of nitrogens with zero attached hydrogens (tertiary/aromatic N) is 3. The number of amides is 1. The van der Waals surface area contributed by atoms with E-state index in [0.29, 0.717) is 4.88 Å². The molecule has 0 radical (unpaired) electrons. The average molecular weight is 381 g/mol. The number of ketones is 1. The van der Waals surface area contributed by atoms with Crippen LogP contribution in [0.4, 0.5) is 10.3 Å². The van der Waals surface area contributed by atoms with Crippen molar-refractivity contribution in [2.24, 2.45) is 0 Å². The quantitative estimate of drug-likeness (QED) is 0.428. The number of carbonyl (C=O) groups excluding carboxylic acids is 2. The minimum atomic E-state index is -0.863. The number of Topliss-reactive ketones (excluding diaryl/α,β-unsaturated/α-hetero) is 1. The molecule has 3 heterocycles. The van der Waals surface area contributed by atoms with Crippen LogP contribution in [0.25, 0.3) is 5.76 Å². The second-order valence-corrected chi connectivity index (χ2v) is 6.72. The van der Waals surface area contributed by atoms with E-state index in [0.717, 1.165) is 0 Å².